The SMILES string of the molecule is Cc1c(Cl)cc(N2CC(C(N)=O)CC2=O)cc1Cl. The third-order valence-electron chi connectivity index (χ3n) is 3.10. The first-order chi connectivity index (χ1) is 8.40. The van der Waals surface area contributed by atoms with Gasteiger partial charge in [-0.15, -0.1) is 0 Å². The first-order valence-corrected chi connectivity index (χ1v) is 6.21. The van der Waals surface area contributed by atoms with Crippen LogP contribution in [-0.4, -0.2) is 18.4 Å². The number of nitrogens with zero attached hydrogens (tertiary/aromatic N) is 1. The van der Waals surface area contributed by atoms with Gasteiger partial charge in [-0.25, -0.2) is 0 Å². The van der Waals surface area contributed by atoms with E-state index in [9.17, 15) is 9.59 Å². The van der Waals surface area contributed by atoms with Crippen molar-refractivity contribution in [1.29, 1.82) is 0 Å². The van der Waals surface area contributed by atoms with Crippen LogP contribution >= 0.6 is 23.2 Å². The Labute approximate surface area is 115 Å². The first-order valence-electron chi connectivity index (χ1n) is 5.45. The lowest BCUT2D eigenvalue weighted by Crippen LogP contribution is -2.28. The quantitative estimate of drug-likeness (QED) is 0.905. The molecule has 1 saturated heterocycles. The fourth-order valence-electron chi connectivity index (χ4n) is 1.94. The summed E-state index contributed by atoms with van der Waals surface area (Å²) in [6.07, 6.45) is 0.137. The number of benzene rings is 1. The van der Waals surface area contributed by atoms with Gasteiger partial charge >= 0.3 is 0 Å². The molecule has 1 fully saturated rings. The topological polar surface area (TPSA) is 63.4 Å². The summed E-state index contributed by atoms with van der Waals surface area (Å²) in [5, 5.41) is 0.987. The summed E-state index contributed by atoms with van der Waals surface area (Å²) in [5.74, 6) is -1.05. The van der Waals surface area contributed by atoms with Gasteiger partial charge in [0.15, 0.2) is 0 Å². The Morgan fingerprint density at radius 1 is 1.39 bits per heavy atom. The molecular formula is C12H12Cl2N2O2. The van der Waals surface area contributed by atoms with Crippen LogP contribution < -0.4 is 10.6 Å². The summed E-state index contributed by atoms with van der Waals surface area (Å²) in [5.41, 5.74) is 6.58. The van der Waals surface area contributed by atoms with Gasteiger partial charge < -0.3 is 10.6 Å². The molecule has 1 aliphatic rings. The molecule has 1 aromatic carbocycles. The van der Waals surface area contributed by atoms with Crippen molar-refractivity contribution in [3.8, 4) is 0 Å². The molecule has 96 valence electrons. The number of primary amides is 1. The van der Waals surface area contributed by atoms with Crippen molar-refractivity contribution < 1.29 is 9.59 Å². The maximum absolute atomic E-state index is 11.8. The van der Waals surface area contributed by atoms with Gasteiger partial charge in [0.2, 0.25) is 11.8 Å². The van der Waals surface area contributed by atoms with Crippen LogP contribution in [0.25, 0.3) is 0 Å². The molecule has 1 aliphatic heterocycles. The van der Waals surface area contributed by atoms with Crippen LogP contribution in [0.1, 0.15) is 12.0 Å². The van der Waals surface area contributed by atoms with E-state index in [0.717, 1.165) is 5.56 Å². The highest BCUT2D eigenvalue weighted by molar-refractivity contribution is 6.36. The Kier molecular flexibility index (Phi) is 3.50. The molecule has 4 nitrogen and oxygen atoms in total. The third kappa shape index (κ3) is 2.31. The zero-order valence-electron chi connectivity index (χ0n) is 9.74. The van der Waals surface area contributed by atoms with Gasteiger partial charge in [-0.2, -0.15) is 0 Å². The van der Waals surface area contributed by atoms with Crippen molar-refractivity contribution in [2.24, 2.45) is 11.7 Å². The van der Waals surface area contributed by atoms with Crippen molar-refractivity contribution >= 4 is 40.7 Å². The summed E-state index contributed by atoms with van der Waals surface area (Å²) >= 11 is 12.1. The minimum absolute atomic E-state index is 0.137. The molecule has 18 heavy (non-hydrogen) atoms. The van der Waals surface area contributed by atoms with E-state index >= 15 is 0 Å². The van der Waals surface area contributed by atoms with E-state index in [2.05, 4.69) is 0 Å². The van der Waals surface area contributed by atoms with Crippen molar-refractivity contribution in [2.75, 3.05) is 11.4 Å². The molecular weight excluding hydrogens is 275 g/mol. The van der Waals surface area contributed by atoms with Gasteiger partial charge in [0.05, 0.1) is 5.92 Å². The second kappa shape index (κ2) is 4.78. The van der Waals surface area contributed by atoms with E-state index in [4.69, 9.17) is 28.9 Å². The van der Waals surface area contributed by atoms with Gasteiger partial charge in [0.25, 0.3) is 0 Å². The number of amides is 2. The summed E-state index contributed by atoms with van der Waals surface area (Å²) in [6, 6.07) is 3.34. The molecule has 0 aliphatic carbocycles. The second-order valence-electron chi connectivity index (χ2n) is 4.34. The smallest absolute Gasteiger partial charge is 0.227 e. The molecule has 2 rings (SSSR count). The fraction of sp³-hybridized carbons (Fsp3) is 0.333. The Morgan fingerprint density at radius 3 is 2.39 bits per heavy atom. The first kappa shape index (κ1) is 13.2. The summed E-state index contributed by atoms with van der Waals surface area (Å²) in [6.45, 7) is 2.08. The number of nitrogens with two attached hydrogens (primary N) is 1. The Hall–Kier alpha value is -1.26. The number of anilines is 1. The van der Waals surface area contributed by atoms with E-state index in [1.807, 2.05) is 0 Å². The van der Waals surface area contributed by atoms with Gasteiger partial charge in [0, 0.05) is 28.7 Å². The highest BCUT2D eigenvalue weighted by Gasteiger charge is 2.34. The van der Waals surface area contributed by atoms with Crippen molar-refractivity contribution in [2.45, 2.75) is 13.3 Å². The Balaban J connectivity index is 2.33. The van der Waals surface area contributed by atoms with E-state index in [0.29, 0.717) is 15.7 Å². The summed E-state index contributed by atoms with van der Waals surface area (Å²) in [7, 11) is 0. The van der Waals surface area contributed by atoms with Crippen LogP contribution in [0.2, 0.25) is 10.0 Å². The molecule has 0 spiro atoms. The van der Waals surface area contributed by atoms with Crippen molar-refractivity contribution in [1.82, 2.24) is 0 Å². The van der Waals surface area contributed by atoms with Crippen LogP contribution in [0.4, 0.5) is 5.69 Å². The molecule has 2 N–H and O–H groups in total. The second-order valence-corrected chi connectivity index (χ2v) is 5.16. The predicted molar refractivity (Wildman–Crippen MR) is 70.9 cm³/mol. The highest BCUT2D eigenvalue weighted by Crippen LogP contribution is 2.33. The average molecular weight is 287 g/mol. The maximum atomic E-state index is 11.8. The number of hydrogen-bond donors (Lipinski definition) is 1. The van der Waals surface area contributed by atoms with E-state index in [1.165, 1.54) is 4.90 Å². The molecule has 0 saturated carbocycles. The van der Waals surface area contributed by atoms with Gasteiger partial charge in [-0.05, 0) is 24.6 Å². The predicted octanol–water partition coefficient (Wildman–Crippen LogP) is 2.14. The molecule has 2 amide bonds. The monoisotopic (exact) mass is 286 g/mol. The van der Waals surface area contributed by atoms with E-state index in [1.54, 1.807) is 19.1 Å². The average Bonchev–Trinajstić information content (AvgIpc) is 2.68. The summed E-state index contributed by atoms with van der Waals surface area (Å²) < 4.78 is 0. The lowest BCUT2D eigenvalue weighted by Gasteiger charge is -2.17. The highest BCUT2D eigenvalue weighted by atomic mass is 35.5. The molecule has 1 aromatic rings. The minimum Gasteiger partial charge on any atom is -0.369 e. The number of carbonyl (C=O) groups excluding carboxylic acids is 2. The molecule has 0 bridgehead atoms. The number of carbonyl (C=O) groups is 2. The van der Waals surface area contributed by atoms with Crippen LogP contribution in [0, 0.1) is 12.8 Å². The maximum Gasteiger partial charge on any atom is 0.227 e. The molecule has 1 heterocycles. The van der Waals surface area contributed by atoms with Crippen molar-refractivity contribution in [3.05, 3.63) is 27.7 Å². The number of hydrogen-bond acceptors (Lipinski definition) is 2. The van der Waals surface area contributed by atoms with Crippen molar-refractivity contribution in [3.63, 3.8) is 0 Å². The van der Waals surface area contributed by atoms with Crippen LogP contribution in [0.15, 0.2) is 12.1 Å². The molecule has 1 atom stereocenters. The van der Waals surface area contributed by atoms with E-state index in [-0.39, 0.29) is 18.9 Å². The van der Waals surface area contributed by atoms with Gasteiger partial charge in [-0.3, -0.25) is 9.59 Å². The number of halogens is 2. The molecule has 1 unspecified atom stereocenters. The molecule has 6 heteroatoms. The normalized spacial score (nSPS) is 19.4. The lowest BCUT2D eigenvalue weighted by atomic mass is 10.1. The molecule has 0 radical (unpaired) electrons. The zero-order chi connectivity index (χ0) is 13.4. The third-order valence-corrected chi connectivity index (χ3v) is 3.89. The Bertz CT molecular complexity index is 508. The standard InChI is InChI=1S/C12H12Cl2N2O2/c1-6-9(13)3-8(4-10(6)14)16-5-7(12(15)18)2-11(16)17/h3-4,7H,2,5H2,1H3,(H2,15,18). The van der Waals surface area contributed by atoms with Crippen LogP contribution in [0.3, 0.4) is 0 Å². The minimum atomic E-state index is -0.463. The lowest BCUT2D eigenvalue weighted by molar-refractivity contribution is -0.123. The zero-order valence-corrected chi connectivity index (χ0v) is 11.3. The molecule has 0 aromatic heterocycles. The van der Waals surface area contributed by atoms with Gasteiger partial charge in [-0.1, -0.05) is 23.2 Å². The van der Waals surface area contributed by atoms with E-state index < -0.39 is 11.8 Å². The largest absolute Gasteiger partial charge is 0.369 e. The number of rotatable bonds is 2. The Morgan fingerprint density at radius 2 is 1.94 bits per heavy atom. The van der Waals surface area contributed by atoms with Crippen LogP contribution in [0.5, 0.6) is 0 Å². The fourth-order valence-corrected chi connectivity index (χ4v) is 2.41. The van der Waals surface area contributed by atoms with Crippen LogP contribution in [-0.2, 0) is 9.59 Å². The van der Waals surface area contributed by atoms with Gasteiger partial charge in [0.1, 0.15) is 0 Å². The summed E-state index contributed by atoms with van der Waals surface area (Å²) in [4.78, 5) is 24.4.